The van der Waals surface area contributed by atoms with Gasteiger partial charge in [-0.2, -0.15) is 0 Å². The second-order valence-electron chi connectivity index (χ2n) is 4.82. The largest absolute Gasteiger partial charge is 0.338 e. The Balaban J connectivity index is 1.98. The number of nitrogens with zero attached hydrogens (tertiary/aromatic N) is 2. The van der Waals surface area contributed by atoms with E-state index in [4.69, 9.17) is 0 Å². The fraction of sp³-hybridized carbons (Fsp3) is 0.333. The van der Waals surface area contributed by atoms with E-state index in [-0.39, 0.29) is 17.5 Å². The third-order valence-electron chi connectivity index (χ3n) is 3.44. The van der Waals surface area contributed by atoms with Gasteiger partial charge in [-0.1, -0.05) is 6.07 Å². The number of carbonyl (C=O) groups excluding carboxylic acids is 1. The number of rotatable bonds is 5. The Kier molecular flexibility index (Phi) is 5.36. The van der Waals surface area contributed by atoms with Crippen molar-refractivity contribution in [2.24, 2.45) is 0 Å². The number of aryl methyl sites for hydroxylation is 1. The van der Waals surface area contributed by atoms with Gasteiger partial charge < -0.3 is 9.47 Å². The lowest BCUT2D eigenvalue weighted by molar-refractivity contribution is -0.132. The summed E-state index contributed by atoms with van der Waals surface area (Å²) in [5, 5.41) is 2.01. The van der Waals surface area contributed by atoms with Gasteiger partial charge in [0.25, 0.3) is 5.56 Å². The van der Waals surface area contributed by atoms with Crippen LogP contribution in [-0.2, 0) is 11.3 Å². The summed E-state index contributed by atoms with van der Waals surface area (Å²) in [6.07, 6.45) is 2.01. The van der Waals surface area contributed by atoms with E-state index in [1.807, 2.05) is 24.4 Å². The fourth-order valence-corrected chi connectivity index (χ4v) is 3.21. The van der Waals surface area contributed by atoms with Crippen molar-refractivity contribution >= 4 is 33.2 Å². The normalized spacial score (nSPS) is 12.1. The van der Waals surface area contributed by atoms with Gasteiger partial charge in [0.2, 0.25) is 5.91 Å². The van der Waals surface area contributed by atoms with Crippen LogP contribution in [0.25, 0.3) is 0 Å². The smallest absolute Gasteiger partial charge is 0.250 e. The molecule has 0 spiro atoms. The van der Waals surface area contributed by atoms with Crippen LogP contribution >= 0.6 is 27.3 Å². The first kappa shape index (κ1) is 16.0. The lowest BCUT2D eigenvalue weighted by Gasteiger charge is -2.24. The molecule has 0 saturated carbocycles. The number of thiophene rings is 1. The molecule has 0 aliphatic heterocycles. The molecule has 0 aliphatic rings. The predicted molar refractivity (Wildman–Crippen MR) is 88.5 cm³/mol. The van der Waals surface area contributed by atoms with E-state index in [1.54, 1.807) is 40.1 Å². The summed E-state index contributed by atoms with van der Waals surface area (Å²) in [7, 11) is 1.80. The van der Waals surface area contributed by atoms with Gasteiger partial charge >= 0.3 is 0 Å². The number of hydrogen-bond donors (Lipinski definition) is 0. The Labute approximate surface area is 136 Å². The minimum Gasteiger partial charge on any atom is -0.338 e. The number of amides is 1. The second-order valence-corrected chi connectivity index (χ2v) is 6.72. The van der Waals surface area contributed by atoms with Crippen molar-refractivity contribution < 1.29 is 4.79 Å². The lowest BCUT2D eigenvalue weighted by Crippen LogP contribution is -2.31. The molecular weight excluding hydrogens is 352 g/mol. The molecule has 0 radical (unpaired) electrons. The number of halogens is 1. The molecule has 0 saturated heterocycles. The van der Waals surface area contributed by atoms with Crippen LogP contribution in [0.2, 0.25) is 0 Å². The third kappa shape index (κ3) is 4.04. The second kappa shape index (κ2) is 7.04. The summed E-state index contributed by atoms with van der Waals surface area (Å²) in [6, 6.07) is 7.25. The van der Waals surface area contributed by atoms with Crippen LogP contribution < -0.4 is 5.56 Å². The summed E-state index contributed by atoms with van der Waals surface area (Å²) >= 11 is 4.97. The van der Waals surface area contributed by atoms with Gasteiger partial charge in [0.1, 0.15) is 0 Å². The third-order valence-corrected chi connectivity index (χ3v) is 4.95. The van der Waals surface area contributed by atoms with Crippen LogP contribution in [0.15, 0.2) is 45.1 Å². The van der Waals surface area contributed by atoms with Crippen molar-refractivity contribution in [1.29, 1.82) is 0 Å². The predicted octanol–water partition coefficient (Wildman–Crippen LogP) is 3.28. The molecule has 0 fully saturated rings. The molecule has 21 heavy (non-hydrogen) atoms. The molecule has 4 nitrogen and oxygen atoms in total. The average molecular weight is 369 g/mol. The highest BCUT2D eigenvalue weighted by Gasteiger charge is 2.17. The Bertz CT molecular complexity index is 667. The quantitative estimate of drug-likeness (QED) is 0.812. The van der Waals surface area contributed by atoms with Crippen molar-refractivity contribution in [1.82, 2.24) is 9.47 Å². The number of pyridine rings is 1. The van der Waals surface area contributed by atoms with E-state index < -0.39 is 0 Å². The summed E-state index contributed by atoms with van der Waals surface area (Å²) < 4.78 is 2.38. The highest BCUT2D eigenvalue weighted by atomic mass is 79.9. The standard InChI is InChI=1S/C15H17BrN2O2S/c1-11(13-4-3-9-21-13)17(2)14(19)7-8-18-10-12(16)5-6-15(18)20/h3-6,9-11H,7-8H2,1-2H3. The summed E-state index contributed by atoms with van der Waals surface area (Å²) in [6.45, 7) is 2.40. The van der Waals surface area contributed by atoms with Gasteiger partial charge in [-0.15, -0.1) is 11.3 Å². The molecule has 1 unspecified atom stereocenters. The molecule has 2 aromatic rings. The van der Waals surface area contributed by atoms with Gasteiger partial charge in [-0.3, -0.25) is 9.59 Å². The Morgan fingerprint density at radius 3 is 2.86 bits per heavy atom. The van der Waals surface area contributed by atoms with Crippen molar-refractivity contribution in [3.63, 3.8) is 0 Å². The van der Waals surface area contributed by atoms with Crippen molar-refractivity contribution in [2.75, 3.05) is 7.05 Å². The minimum absolute atomic E-state index is 0.0303. The molecule has 0 N–H and O–H groups in total. The number of hydrogen-bond acceptors (Lipinski definition) is 3. The van der Waals surface area contributed by atoms with Gasteiger partial charge in [0, 0.05) is 41.6 Å². The van der Waals surface area contributed by atoms with E-state index in [0.717, 1.165) is 9.35 Å². The fourth-order valence-electron chi connectivity index (χ4n) is 2.01. The average Bonchev–Trinajstić information content (AvgIpc) is 3.00. The molecule has 0 aromatic carbocycles. The Hall–Kier alpha value is -1.40. The molecule has 0 aliphatic carbocycles. The van der Waals surface area contributed by atoms with Crippen LogP contribution in [0.5, 0.6) is 0 Å². The minimum atomic E-state index is -0.0973. The van der Waals surface area contributed by atoms with E-state index in [2.05, 4.69) is 15.9 Å². The maximum Gasteiger partial charge on any atom is 0.250 e. The highest BCUT2D eigenvalue weighted by Crippen LogP contribution is 2.23. The van der Waals surface area contributed by atoms with Crippen LogP contribution in [0.3, 0.4) is 0 Å². The summed E-state index contributed by atoms with van der Waals surface area (Å²) in [5.74, 6) is 0.0303. The van der Waals surface area contributed by atoms with Crippen LogP contribution in [0, 0.1) is 0 Å². The van der Waals surface area contributed by atoms with Crippen molar-refractivity contribution in [3.05, 3.63) is 55.5 Å². The Morgan fingerprint density at radius 2 is 2.19 bits per heavy atom. The van der Waals surface area contributed by atoms with Crippen molar-refractivity contribution in [3.8, 4) is 0 Å². The first-order valence-electron chi connectivity index (χ1n) is 6.64. The molecule has 2 aromatic heterocycles. The molecule has 1 atom stereocenters. The van der Waals surface area contributed by atoms with Gasteiger partial charge in [0.05, 0.1) is 6.04 Å². The zero-order valence-corrected chi connectivity index (χ0v) is 14.4. The Morgan fingerprint density at radius 1 is 1.43 bits per heavy atom. The SMILES string of the molecule is CC(c1cccs1)N(C)C(=O)CCn1cc(Br)ccc1=O. The number of carbonyl (C=O) groups is 1. The van der Waals surface area contributed by atoms with E-state index in [0.29, 0.717) is 13.0 Å². The van der Waals surface area contributed by atoms with Crippen LogP contribution in [-0.4, -0.2) is 22.4 Å². The molecule has 0 bridgehead atoms. The number of aromatic nitrogens is 1. The maximum atomic E-state index is 12.3. The van der Waals surface area contributed by atoms with Crippen LogP contribution in [0.1, 0.15) is 24.3 Å². The zero-order valence-electron chi connectivity index (χ0n) is 12.0. The molecule has 2 heterocycles. The maximum absolute atomic E-state index is 12.3. The molecule has 112 valence electrons. The first-order valence-corrected chi connectivity index (χ1v) is 8.31. The van der Waals surface area contributed by atoms with E-state index in [9.17, 15) is 9.59 Å². The topological polar surface area (TPSA) is 42.3 Å². The lowest BCUT2D eigenvalue weighted by atomic mass is 10.2. The van der Waals surface area contributed by atoms with Gasteiger partial charge in [-0.25, -0.2) is 0 Å². The van der Waals surface area contributed by atoms with Crippen molar-refractivity contribution in [2.45, 2.75) is 25.9 Å². The van der Waals surface area contributed by atoms with Crippen LogP contribution in [0.4, 0.5) is 0 Å². The monoisotopic (exact) mass is 368 g/mol. The molecule has 1 amide bonds. The molecule has 2 rings (SSSR count). The summed E-state index contributed by atoms with van der Waals surface area (Å²) in [4.78, 5) is 26.8. The van der Waals surface area contributed by atoms with Gasteiger partial charge in [0.15, 0.2) is 0 Å². The molecule has 6 heteroatoms. The van der Waals surface area contributed by atoms with E-state index in [1.165, 1.54) is 6.07 Å². The zero-order chi connectivity index (χ0) is 15.4. The highest BCUT2D eigenvalue weighted by molar-refractivity contribution is 9.10. The van der Waals surface area contributed by atoms with E-state index >= 15 is 0 Å². The molecular formula is C15H17BrN2O2S. The summed E-state index contributed by atoms with van der Waals surface area (Å²) in [5.41, 5.74) is -0.0973. The first-order chi connectivity index (χ1) is 9.99. The van der Waals surface area contributed by atoms with Gasteiger partial charge in [-0.05, 0) is 40.4 Å².